The number of pyridine rings is 2. The highest BCUT2D eigenvalue weighted by atomic mass is 16.2. The third-order valence-electron chi connectivity index (χ3n) is 5.34. The Balaban J connectivity index is 1.79. The van der Waals surface area contributed by atoms with Crippen LogP contribution >= 0.6 is 0 Å². The fraction of sp³-hybridized carbons (Fsp3) is 0.154. The Labute approximate surface area is 192 Å². The molecule has 0 saturated heterocycles. The highest BCUT2D eigenvalue weighted by Crippen LogP contribution is 2.34. The Morgan fingerprint density at radius 2 is 1.64 bits per heavy atom. The molecule has 2 aromatic carbocycles. The van der Waals surface area contributed by atoms with Gasteiger partial charge < -0.3 is 16.4 Å². The number of fused-ring (bicyclic) bond motifs is 1. The maximum atomic E-state index is 12.9. The third kappa shape index (κ3) is 5.05. The maximum absolute atomic E-state index is 12.9. The lowest BCUT2D eigenvalue weighted by atomic mass is 9.96. The number of hydrogen-bond donors (Lipinski definition) is 3. The number of carbonyl (C=O) groups excluding carboxylic acids is 2. The number of aromatic nitrogens is 2. The van der Waals surface area contributed by atoms with Gasteiger partial charge in [-0.2, -0.15) is 0 Å². The van der Waals surface area contributed by atoms with Gasteiger partial charge in [-0.25, -0.2) is 4.98 Å². The predicted molar refractivity (Wildman–Crippen MR) is 128 cm³/mol. The monoisotopic (exact) mass is 440 g/mol. The summed E-state index contributed by atoms with van der Waals surface area (Å²) in [5, 5.41) is 6.15. The van der Waals surface area contributed by atoms with Gasteiger partial charge in [-0.15, -0.1) is 0 Å². The molecule has 7 heteroatoms. The number of nitrogens with one attached hydrogen (secondary N) is 2. The molecule has 2 aromatic heterocycles. The first-order valence-electron chi connectivity index (χ1n) is 10.8. The van der Waals surface area contributed by atoms with Crippen molar-refractivity contribution in [3.8, 4) is 22.4 Å². The molecule has 0 saturated carbocycles. The van der Waals surface area contributed by atoms with Gasteiger partial charge in [0.25, 0.3) is 5.91 Å². The van der Waals surface area contributed by atoms with Crippen LogP contribution in [0.1, 0.15) is 23.0 Å². The summed E-state index contributed by atoms with van der Waals surface area (Å²) in [7, 11) is 0. The average Bonchev–Trinajstić information content (AvgIpc) is 2.85. The molecule has 4 rings (SSSR count). The van der Waals surface area contributed by atoms with E-state index < -0.39 is 0 Å². The summed E-state index contributed by atoms with van der Waals surface area (Å²) in [5.74, 6) is -0.445. The number of rotatable bonds is 7. The first-order chi connectivity index (χ1) is 16.1. The lowest BCUT2D eigenvalue weighted by molar-refractivity contribution is -0.386. The number of benzene rings is 2. The molecule has 5 N–H and O–H groups in total. The molecule has 33 heavy (non-hydrogen) atoms. The Morgan fingerprint density at radius 3 is 2.33 bits per heavy atom. The normalized spacial score (nSPS) is 10.7. The van der Waals surface area contributed by atoms with E-state index in [1.54, 1.807) is 6.20 Å². The third-order valence-corrected chi connectivity index (χ3v) is 5.34. The molecule has 0 radical (unpaired) electrons. The quantitative estimate of drug-likeness (QED) is 0.384. The minimum Gasteiger partial charge on any atom is -0.355 e. The number of hydrogen-bond acceptors (Lipinski definition) is 4. The second kappa shape index (κ2) is 10.0. The van der Waals surface area contributed by atoms with Crippen LogP contribution in [0.3, 0.4) is 0 Å². The fourth-order valence-electron chi connectivity index (χ4n) is 3.66. The largest absolute Gasteiger partial charge is 0.355 e. The smallest absolute Gasteiger partial charge is 0.270 e. The SMILES string of the molecule is CC(=O)NCCNC(=O)c1nccc2nc(-c3ccc(C[NH3+])cc3)c(-c3ccccc3)cc12. The van der Waals surface area contributed by atoms with Crippen molar-refractivity contribution in [1.82, 2.24) is 20.6 Å². The molecule has 0 aliphatic carbocycles. The van der Waals surface area contributed by atoms with E-state index in [9.17, 15) is 9.59 Å². The topological polar surface area (TPSA) is 112 Å². The Hall–Kier alpha value is -4.10. The zero-order valence-electron chi connectivity index (χ0n) is 18.5. The van der Waals surface area contributed by atoms with E-state index in [4.69, 9.17) is 4.98 Å². The molecule has 0 fully saturated rings. The van der Waals surface area contributed by atoms with Crippen molar-refractivity contribution in [2.75, 3.05) is 13.1 Å². The summed E-state index contributed by atoms with van der Waals surface area (Å²) >= 11 is 0. The summed E-state index contributed by atoms with van der Waals surface area (Å²) < 4.78 is 0. The molecule has 166 valence electrons. The lowest BCUT2D eigenvalue weighted by Crippen LogP contribution is -2.47. The molecule has 2 amide bonds. The van der Waals surface area contributed by atoms with Crippen molar-refractivity contribution < 1.29 is 15.3 Å². The first kappa shape index (κ1) is 22.1. The van der Waals surface area contributed by atoms with E-state index in [-0.39, 0.29) is 11.8 Å². The zero-order chi connectivity index (χ0) is 23.2. The van der Waals surface area contributed by atoms with Crippen LogP contribution in [0.4, 0.5) is 0 Å². The van der Waals surface area contributed by atoms with Gasteiger partial charge in [0.05, 0.1) is 17.8 Å². The average molecular weight is 441 g/mol. The summed E-state index contributed by atoms with van der Waals surface area (Å²) in [6.07, 6.45) is 1.59. The van der Waals surface area contributed by atoms with Crippen molar-refractivity contribution in [1.29, 1.82) is 0 Å². The van der Waals surface area contributed by atoms with E-state index in [1.165, 1.54) is 6.92 Å². The van der Waals surface area contributed by atoms with Gasteiger partial charge in [0.15, 0.2) is 0 Å². The van der Waals surface area contributed by atoms with E-state index >= 15 is 0 Å². The zero-order valence-corrected chi connectivity index (χ0v) is 18.5. The van der Waals surface area contributed by atoms with Crippen LogP contribution in [0.25, 0.3) is 33.3 Å². The number of quaternary nitrogens is 1. The van der Waals surface area contributed by atoms with Gasteiger partial charge in [-0.05, 0) is 17.7 Å². The lowest BCUT2D eigenvalue weighted by Gasteiger charge is -2.14. The van der Waals surface area contributed by atoms with Crippen LogP contribution in [0.2, 0.25) is 0 Å². The minimum atomic E-state index is -0.306. The Kier molecular flexibility index (Phi) is 6.71. The van der Waals surface area contributed by atoms with E-state index in [1.807, 2.05) is 42.5 Å². The van der Waals surface area contributed by atoms with Gasteiger partial charge in [0, 0.05) is 48.3 Å². The van der Waals surface area contributed by atoms with Crippen LogP contribution in [-0.2, 0) is 11.3 Å². The van der Waals surface area contributed by atoms with Crippen molar-refractivity contribution in [2.45, 2.75) is 13.5 Å². The predicted octanol–water partition coefficient (Wildman–Crippen LogP) is 2.57. The van der Waals surface area contributed by atoms with Gasteiger partial charge in [-0.1, -0.05) is 54.6 Å². The molecule has 0 spiro atoms. The van der Waals surface area contributed by atoms with Gasteiger partial charge in [-0.3, -0.25) is 14.6 Å². The van der Waals surface area contributed by atoms with Crippen LogP contribution in [0.15, 0.2) is 72.9 Å². The molecule has 0 aliphatic heterocycles. The molecule has 7 nitrogen and oxygen atoms in total. The standard InChI is InChI=1S/C26H25N5O2/c1-17(32)28-13-14-30-26(33)25-22-15-21(19-5-3-2-4-6-19)24(31-23(22)11-12-29-25)20-9-7-18(16-27)8-10-20/h2-12,15H,13-14,16,27H2,1H3,(H,28,32)(H,30,33)/p+1. The minimum absolute atomic E-state index is 0.139. The summed E-state index contributed by atoms with van der Waals surface area (Å²) in [5.41, 5.74) is 9.85. The van der Waals surface area contributed by atoms with Gasteiger partial charge in [0.1, 0.15) is 5.69 Å². The molecule has 0 atom stereocenters. The fourth-order valence-corrected chi connectivity index (χ4v) is 3.66. The van der Waals surface area contributed by atoms with Crippen molar-refractivity contribution in [2.24, 2.45) is 0 Å². The Bertz CT molecular complexity index is 1290. The molecule has 0 unspecified atom stereocenters. The molecular formula is C26H26N5O2+. The summed E-state index contributed by atoms with van der Waals surface area (Å²) in [6, 6.07) is 22.0. The number of nitrogens with zero attached hydrogens (tertiary/aromatic N) is 2. The second-order valence-electron chi connectivity index (χ2n) is 7.66. The summed E-state index contributed by atoms with van der Waals surface area (Å²) in [6.45, 7) is 2.83. The van der Waals surface area contributed by atoms with E-state index in [0.29, 0.717) is 29.7 Å². The maximum Gasteiger partial charge on any atom is 0.270 e. The van der Waals surface area contributed by atoms with E-state index in [2.05, 4.69) is 45.6 Å². The molecule has 0 aliphatic rings. The number of carbonyl (C=O) groups is 2. The summed E-state index contributed by atoms with van der Waals surface area (Å²) in [4.78, 5) is 33.2. The van der Waals surface area contributed by atoms with E-state index in [0.717, 1.165) is 34.5 Å². The Morgan fingerprint density at radius 1 is 0.909 bits per heavy atom. The van der Waals surface area contributed by atoms with Crippen LogP contribution in [-0.4, -0.2) is 34.9 Å². The molecule has 2 heterocycles. The first-order valence-corrected chi connectivity index (χ1v) is 10.8. The second-order valence-corrected chi connectivity index (χ2v) is 7.66. The number of amides is 2. The van der Waals surface area contributed by atoms with Crippen LogP contribution < -0.4 is 16.4 Å². The molecule has 4 aromatic rings. The van der Waals surface area contributed by atoms with Gasteiger partial charge >= 0.3 is 0 Å². The molecular weight excluding hydrogens is 414 g/mol. The highest BCUT2D eigenvalue weighted by Gasteiger charge is 2.17. The molecule has 0 bridgehead atoms. The van der Waals surface area contributed by atoms with Crippen LogP contribution in [0.5, 0.6) is 0 Å². The van der Waals surface area contributed by atoms with Crippen molar-refractivity contribution in [3.05, 3.63) is 84.2 Å². The van der Waals surface area contributed by atoms with Gasteiger partial charge in [0.2, 0.25) is 5.91 Å². The van der Waals surface area contributed by atoms with Crippen molar-refractivity contribution >= 4 is 22.7 Å². The van der Waals surface area contributed by atoms with Crippen LogP contribution in [0, 0.1) is 0 Å². The van der Waals surface area contributed by atoms with Crippen molar-refractivity contribution in [3.63, 3.8) is 0 Å². The highest BCUT2D eigenvalue weighted by molar-refractivity contribution is 6.06.